The first-order valence-electron chi connectivity index (χ1n) is 12.4. The van der Waals surface area contributed by atoms with Crippen LogP contribution in [-0.4, -0.2) is 42.0 Å². The number of carbonyl (C=O) groups is 1. The van der Waals surface area contributed by atoms with Crippen molar-refractivity contribution in [2.24, 2.45) is 23.7 Å². The highest BCUT2D eigenvalue weighted by Gasteiger charge is 2.62. The molecule has 4 heteroatoms. The van der Waals surface area contributed by atoms with Crippen LogP contribution in [0.15, 0.2) is 60.7 Å². The zero-order chi connectivity index (χ0) is 22.1. The molecule has 2 N–H and O–H groups in total. The monoisotopic (exact) mass is 431 g/mol. The summed E-state index contributed by atoms with van der Waals surface area (Å²) in [5.41, 5.74) is 2.02. The predicted octanol–water partition coefficient (Wildman–Crippen LogP) is 3.87. The van der Waals surface area contributed by atoms with Gasteiger partial charge in [0.2, 0.25) is 5.91 Å². The number of hydrogen-bond donors (Lipinski definition) is 2. The van der Waals surface area contributed by atoms with Crippen LogP contribution in [0.1, 0.15) is 37.8 Å². The summed E-state index contributed by atoms with van der Waals surface area (Å²) in [6, 6.07) is 21.5. The lowest BCUT2D eigenvalue weighted by atomic mass is 9.53. The smallest absolute Gasteiger partial charge is 0.240 e. The molecule has 170 valence electrons. The molecule has 1 saturated carbocycles. The van der Waals surface area contributed by atoms with Gasteiger partial charge in [0.05, 0.1) is 0 Å². The van der Waals surface area contributed by atoms with Crippen molar-refractivity contribution < 1.29 is 4.79 Å². The summed E-state index contributed by atoms with van der Waals surface area (Å²) in [6.07, 6.45) is 3.15. The molecule has 6 rings (SSSR count). The van der Waals surface area contributed by atoms with E-state index in [1.54, 1.807) is 0 Å². The maximum Gasteiger partial charge on any atom is 0.240 e. The third-order valence-corrected chi connectivity index (χ3v) is 8.13. The Morgan fingerprint density at radius 3 is 2.47 bits per heavy atom. The molecule has 4 fully saturated rings. The fourth-order valence-electron chi connectivity index (χ4n) is 6.82. The Morgan fingerprint density at radius 2 is 1.78 bits per heavy atom. The zero-order valence-corrected chi connectivity index (χ0v) is 19.5. The second kappa shape index (κ2) is 8.99. The Hall–Kier alpha value is -2.17. The Labute approximate surface area is 192 Å². The fraction of sp³-hybridized carbons (Fsp3) is 0.536. The summed E-state index contributed by atoms with van der Waals surface area (Å²) in [7, 11) is 0. The number of hydrogen-bond acceptors (Lipinski definition) is 3. The Kier molecular flexibility index (Phi) is 6.09. The van der Waals surface area contributed by atoms with E-state index in [2.05, 4.69) is 71.8 Å². The van der Waals surface area contributed by atoms with E-state index in [4.69, 9.17) is 0 Å². The molecule has 0 spiro atoms. The van der Waals surface area contributed by atoms with Gasteiger partial charge in [0.15, 0.2) is 0 Å². The van der Waals surface area contributed by atoms with E-state index in [1.807, 2.05) is 18.2 Å². The van der Waals surface area contributed by atoms with Crippen molar-refractivity contribution >= 4 is 5.91 Å². The maximum absolute atomic E-state index is 13.9. The van der Waals surface area contributed by atoms with Crippen LogP contribution in [0, 0.1) is 23.7 Å². The molecule has 3 saturated heterocycles. The van der Waals surface area contributed by atoms with Crippen molar-refractivity contribution in [1.29, 1.82) is 0 Å². The number of rotatable bonds is 7. The molecule has 5 atom stereocenters. The van der Waals surface area contributed by atoms with Crippen molar-refractivity contribution in [3.8, 4) is 0 Å². The second-order valence-electron chi connectivity index (χ2n) is 10.6. The number of carbonyl (C=O) groups excluding carboxylic acids is 1. The van der Waals surface area contributed by atoms with Crippen LogP contribution in [0.25, 0.3) is 0 Å². The van der Waals surface area contributed by atoms with Gasteiger partial charge in [-0.05, 0) is 54.7 Å². The molecular formula is C28H37N3O. The molecule has 0 unspecified atom stereocenters. The lowest BCUT2D eigenvalue weighted by molar-refractivity contribution is -0.154. The average molecular weight is 432 g/mol. The molecule has 3 aliphatic heterocycles. The molecular weight excluding hydrogens is 394 g/mol. The summed E-state index contributed by atoms with van der Waals surface area (Å²) in [4.78, 5) is 16.7. The average Bonchev–Trinajstić information content (AvgIpc) is 2.82. The Balaban J connectivity index is 1.46. The van der Waals surface area contributed by atoms with Gasteiger partial charge in [-0.2, -0.15) is 0 Å². The molecule has 2 aromatic rings. The van der Waals surface area contributed by atoms with Crippen molar-refractivity contribution in [3.05, 3.63) is 71.8 Å². The van der Waals surface area contributed by atoms with Crippen LogP contribution in [0.5, 0.6) is 0 Å². The number of nitrogens with one attached hydrogen (secondary N) is 2. The summed E-state index contributed by atoms with van der Waals surface area (Å²) in [5.74, 6) is 2.43. The van der Waals surface area contributed by atoms with Crippen molar-refractivity contribution in [2.45, 2.75) is 51.2 Å². The highest BCUT2D eigenvalue weighted by molar-refractivity contribution is 5.87. The van der Waals surface area contributed by atoms with E-state index in [-0.39, 0.29) is 11.8 Å². The molecule has 0 aromatic heterocycles. The van der Waals surface area contributed by atoms with E-state index in [9.17, 15) is 4.79 Å². The van der Waals surface area contributed by atoms with Gasteiger partial charge >= 0.3 is 0 Å². The second-order valence-corrected chi connectivity index (χ2v) is 10.6. The minimum absolute atomic E-state index is 0.196. The number of benzene rings is 2. The zero-order valence-electron chi connectivity index (χ0n) is 19.5. The molecule has 3 heterocycles. The number of fused-ring (bicyclic) bond motifs is 1. The van der Waals surface area contributed by atoms with Crippen LogP contribution < -0.4 is 10.6 Å². The molecule has 1 amide bonds. The molecule has 4 aliphatic rings. The van der Waals surface area contributed by atoms with Crippen LogP contribution in [0.3, 0.4) is 0 Å². The summed E-state index contributed by atoms with van der Waals surface area (Å²) in [5, 5.41) is 7.13. The van der Waals surface area contributed by atoms with E-state index < -0.39 is 5.54 Å². The van der Waals surface area contributed by atoms with E-state index in [0.717, 1.165) is 31.5 Å². The van der Waals surface area contributed by atoms with Crippen molar-refractivity contribution in [3.63, 3.8) is 0 Å². The van der Waals surface area contributed by atoms with Crippen LogP contribution in [0.4, 0.5) is 0 Å². The van der Waals surface area contributed by atoms with Gasteiger partial charge in [0.25, 0.3) is 0 Å². The highest BCUT2D eigenvalue weighted by Crippen LogP contribution is 2.52. The van der Waals surface area contributed by atoms with E-state index in [1.165, 1.54) is 18.5 Å². The van der Waals surface area contributed by atoms with Crippen molar-refractivity contribution in [1.82, 2.24) is 15.5 Å². The fourth-order valence-corrected chi connectivity index (χ4v) is 6.82. The molecule has 0 radical (unpaired) electrons. The lowest BCUT2D eigenvalue weighted by Gasteiger charge is -2.64. The van der Waals surface area contributed by atoms with Crippen molar-refractivity contribution in [2.75, 3.05) is 19.6 Å². The molecule has 4 nitrogen and oxygen atoms in total. The summed E-state index contributed by atoms with van der Waals surface area (Å²) in [6.45, 7) is 8.50. The number of likely N-dealkylation sites (tertiary alicyclic amines) is 1. The maximum atomic E-state index is 13.9. The van der Waals surface area contributed by atoms with Gasteiger partial charge in [-0.15, -0.1) is 0 Å². The number of piperidine rings is 3. The third-order valence-electron chi connectivity index (χ3n) is 8.13. The van der Waals surface area contributed by atoms with Crippen LogP contribution in [-0.2, 0) is 17.8 Å². The number of amides is 1. The summed E-state index contributed by atoms with van der Waals surface area (Å²) >= 11 is 0. The first-order chi connectivity index (χ1) is 15.6. The third kappa shape index (κ3) is 3.99. The minimum Gasteiger partial charge on any atom is -0.350 e. The lowest BCUT2D eigenvalue weighted by Crippen LogP contribution is -2.79. The van der Waals surface area contributed by atoms with Crippen LogP contribution in [0.2, 0.25) is 0 Å². The van der Waals surface area contributed by atoms with Gasteiger partial charge in [-0.3, -0.25) is 9.69 Å². The Bertz CT molecular complexity index is 915. The largest absolute Gasteiger partial charge is 0.350 e. The van der Waals surface area contributed by atoms with E-state index in [0.29, 0.717) is 30.3 Å². The predicted molar refractivity (Wildman–Crippen MR) is 129 cm³/mol. The molecule has 2 aromatic carbocycles. The molecule has 1 aliphatic carbocycles. The molecule has 32 heavy (non-hydrogen) atoms. The van der Waals surface area contributed by atoms with Gasteiger partial charge in [-0.1, -0.05) is 74.5 Å². The van der Waals surface area contributed by atoms with Gasteiger partial charge in [0.1, 0.15) is 5.54 Å². The van der Waals surface area contributed by atoms with Gasteiger partial charge in [0, 0.05) is 31.6 Å². The van der Waals surface area contributed by atoms with Gasteiger partial charge < -0.3 is 10.6 Å². The first kappa shape index (κ1) is 21.7. The quantitative estimate of drug-likeness (QED) is 0.700. The normalized spacial score (nSPS) is 31.6. The highest BCUT2D eigenvalue weighted by atomic mass is 16.2. The SMILES string of the molecule is CC(C)CN1CC[C@H]2C[C@]3(C(=O)NCc4ccccc4)NC[C@@H]2[C@@H]1[C@H]3Cc1ccccc1. The number of nitrogens with zero attached hydrogens (tertiary/aromatic N) is 1. The summed E-state index contributed by atoms with van der Waals surface area (Å²) < 4.78 is 0. The Morgan fingerprint density at radius 1 is 1.09 bits per heavy atom. The van der Waals surface area contributed by atoms with Gasteiger partial charge in [-0.25, -0.2) is 0 Å². The minimum atomic E-state index is -0.482. The molecule has 4 bridgehead atoms. The standard InChI is InChI=1S/C28H37N3O/c1-20(2)19-31-14-13-23-16-28(27(32)29-17-22-11-7-4-8-12-22)25(26(31)24(23)18-30-28)15-21-9-5-3-6-10-21/h3-12,20,23-26,30H,13-19H2,1-2H3,(H,29,32)/t23-,24-,25+,26+,28-/m0/s1. The van der Waals surface area contributed by atoms with Crippen LogP contribution >= 0.6 is 0 Å². The van der Waals surface area contributed by atoms with E-state index >= 15 is 0 Å². The topological polar surface area (TPSA) is 44.4 Å². The first-order valence-corrected chi connectivity index (χ1v) is 12.4.